The van der Waals surface area contributed by atoms with E-state index in [2.05, 4.69) is 121 Å². The Bertz CT molecular complexity index is 1510. The zero-order valence-electron chi connectivity index (χ0n) is 24.3. The normalized spacial score (nSPS) is 15.3. The van der Waals surface area contributed by atoms with Crippen molar-refractivity contribution in [1.29, 1.82) is 0 Å². The van der Waals surface area contributed by atoms with Crippen LogP contribution in [-0.4, -0.2) is 40.4 Å². The van der Waals surface area contributed by atoms with E-state index in [9.17, 15) is 74.3 Å². The van der Waals surface area contributed by atoms with E-state index in [1.165, 1.54) is 21.2 Å². The first-order valence-corrected chi connectivity index (χ1v) is 17.5. The van der Waals surface area contributed by atoms with Crippen LogP contribution in [0.4, 0.5) is 74.3 Å². The Morgan fingerprint density at radius 2 is 0.500 bits per heavy atom. The van der Waals surface area contributed by atoms with Crippen molar-refractivity contribution in [3.63, 3.8) is 0 Å². The van der Waals surface area contributed by atoms with Gasteiger partial charge in [-0.25, -0.2) is 0 Å². The third-order valence-electron chi connectivity index (χ3n) is 7.45. The van der Waals surface area contributed by atoms with Gasteiger partial charge in [0.25, 0.3) is 0 Å². The molecule has 20 heteroatoms. The molecule has 0 unspecified atom stereocenters. The second-order valence-corrected chi connectivity index (χ2v) is 18.3. The third-order valence-corrected chi connectivity index (χ3v) is 16.2. The molecule has 0 amide bonds. The zero-order chi connectivity index (χ0) is 38.4. The largest absolute Gasteiger partial charge is 0.144 e. The minimum Gasteiger partial charge on any atom is -0.0620 e. The molecule has 50 heavy (non-hydrogen) atoms. The molecule has 4 aromatic rings. The Morgan fingerprint density at radius 1 is 0.340 bits per heavy atom. The molecule has 0 bridgehead atoms. The summed E-state index contributed by atoms with van der Waals surface area (Å²) in [5, 5.41) is 5.55. The van der Waals surface area contributed by atoms with Crippen LogP contribution in [0.25, 0.3) is 0 Å². The van der Waals surface area contributed by atoms with Gasteiger partial charge in [0.15, 0.2) is 0 Å². The van der Waals surface area contributed by atoms with Crippen LogP contribution in [-0.2, 0) is 0 Å². The molecule has 0 heterocycles. The first-order valence-electron chi connectivity index (χ1n) is 13.3. The minimum atomic E-state index is -14.5. The molecule has 0 saturated heterocycles. The second-order valence-electron chi connectivity index (χ2n) is 10.5. The molecule has 0 aromatic heterocycles. The molecule has 4 aromatic carbocycles. The fourth-order valence-corrected chi connectivity index (χ4v) is 11.9. The first kappa shape index (κ1) is 40.9. The summed E-state index contributed by atoms with van der Waals surface area (Å²) in [6.45, 7) is -14.5. The Balaban J connectivity index is 0.000000270. The molecule has 0 aliphatic carbocycles. The van der Waals surface area contributed by atoms with E-state index in [-0.39, 0.29) is 0 Å². The monoisotopic (exact) mass is 782 g/mol. The third kappa shape index (κ3) is 5.44. The molecule has 0 atom stereocenters. The Kier molecular flexibility index (Phi) is 10.1. The van der Waals surface area contributed by atoms with Crippen LogP contribution in [0, 0.1) is 0 Å². The number of rotatable bonds is 7. The van der Waals surface area contributed by atoms with Crippen LogP contribution in [0.5, 0.6) is 0 Å². The van der Waals surface area contributed by atoms with Crippen molar-refractivity contribution in [2.45, 2.75) is 35.5 Å². The summed E-state index contributed by atoms with van der Waals surface area (Å²) in [7, 11) is -1.91. The van der Waals surface area contributed by atoms with Crippen LogP contribution in [0.2, 0.25) is 0 Å². The summed E-state index contributed by atoms with van der Waals surface area (Å²) in [6.07, 6.45) is -25.7. The van der Waals surface area contributed by atoms with Gasteiger partial charge in [-0.3, -0.25) is 0 Å². The predicted octanol–water partition coefficient (Wildman–Crippen LogP) is 10.5. The molecular formula is C30H21F17OP2. The molecule has 276 valence electrons. The van der Waals surface area contributed by atoms with Crippen LogP contribution in [0.3, 0.4) is 0 Å². The Morgan fingerprint density at radius 3 is 0.640 bits per heavy atom. The van der Waals surface area contributed by atoms with Crippen molar-refractivity contribution >= 4 is 35.3 Å². The van der Waals surface area contributed by atoms with E-state index in [1.54, 1.807) is 0 Å². The quantitative estimate of drug-likeness (QED) is 0.146. The van der Waals surface area contributed by atoms with Gasteiger partial charge >= 0.3 is 121 Å². The molecule has 1 nitrogen and oxygen atoms in total. The van der Waals surface area contributed by atoms with Crippen LogP contribution in [0.15, 0.2) is 121 Å². The van der Waals surface area contributed by atoms with Crippen molar-refractivity contribution in [3.05, 3.63) is 121 Å². The van der Waals surface area contributed by atoms with Crippen molar-refractivity contribution in [3.8, 4) is 0 Å². The molecule has 0 aliphatic rings. The van der Waals surface area contributed by atoms with Crippen LogP contribution >= 0.6 is 14.1 Å². The van der Waals surface area contributed by atoms with Gasteiger partial charge in [0.1, 0.15) is 28.5 Å². The SMILES string of the molecule is O[P-](F)(F)(C(F)(F)C(F)(F)F)(C(F)(F)C(F)(F)F)C(F)(F)C(F)(F)F.c1ccc([P+](c2ccccc2)(c2ccccc2)c2ccccc2)cc1. The second kappa shape index (κ2) is 12.3. The summed E-state index contributed by atoms with van der Waals surface area (Å²) in [6, 6.07) is 43.8. The molecule has 0 saturated carbocycles. The molecule has 0 fully saturated rings. The van der Waals surface area contributed by atoms with Gasteiger partial charge in [0, 0.05) is 0 Å². The standard InChI is InChI=1S/C24H20P.C6HF17OP/c1-5-13-21(14-6-1)25(22-15-7-2-8-16-22,23-17-9-3-10-18-23)24-19-11-4-12-20-24;7-1(8,9)4(16,17)25(22,23,24,5(18,19)2(10,11)12)6(20,21)3(13,14)15/h1-20H;24H/q+1;-1. The van der Waals surface area contributed by atoms with E-state index in [0.717, 1.165) is 0 Å². The number of alkyl halides is 15. The van der Waals surface area contributed by atoms with E-state index >= 15 is 0 Å². The summed E-state index contributed by atoms with van der Waals surface area (Å²) in [4.78, 5) is 7.93. The number of hydrogen-bond donors (Lipinski definition) is 1. The van der Waals surface area contributed by atoms with Gasteiger partial charge in [-0.15, -0.1) is 0 Å². The van der Waals surface area contributed by atoms with E-state index in [0.29, 0.717) is 0 Å². The molecule has 1 N–H and O–H groups in total. The van der Waals surface area contributed by atoms with Gasteiger partial charge in [0.05, 0.1) is 0 Å². The van der Waals surface area contributed by atoms with Gasteiger partial charge in [-0.1, -0.05) is 72.8 Å². The average molecular weight is 782 g/mol. The summed E-state index contributed by atoms with van der Waals surface area (Å²) < 4.78 is 211. The summed E-state index contributed by atoms with van der Waals surface area (Å²) in [5.41, 5.74) is -28.6. The summed E-state index contributed by atoms with van der Waals surface area (Å²) >= 11 is 0. The fraction of sp³-hybridized carbons (Fsp3) is 0.200. The smallest absolute Gasteiger partial charge is 0.0620 e. The maximum atomic E-state index is 13.6. The van der Waals surface area contributed by atoms with E-state index in [4.69, 9.17) is 4.89 Å². The number of hydrogen-bond acceptors (Lipinski definition) is 1. The van der Waals surface area contributed by atoms with E-state index < -0.39 is 49.6 Å². The van der Waals surface area contributed by atoms with Crippen LogP contribution < -0.4 is 21.2 Å². The topological polar surface area (TPSA) is 20.2 Å². The first-order chi connectivity index (χ1) is 22.5. The molecular weight excluding hydrogens is 761 g/mol. The predicted molar refractivity (Wildman–Crippen MR) is 156 cm³/mol. The molecule has 0 spiro atoms. The van der Waals surface area contributed by atoms with Crippen molar-refractivity contribution < 1.29 is 79.1 Å². The number of benzene rings is 4. The maximum Gasteiger partial charge on any atom is 0.144 e. The Labute approximate surface area is 271 Å². The zero-order valence-corrected chi connectivity index (χ0v) is 26.1. The van der Waals surface area contributed by atoms with Gasteiger partial charge in [-0.2, -0.15) is 0 Å². The molecule has 0 radical (unpaired) electrons. The fourth-order valence-electron chi connectivity index (χ4n) is 4.87. The van der Waals surface area contributed by atoms with Crippen LogP contribution in [0.1, 0.15) is 0 Å². The molecule has 4 rings (SSSR count). The average Bonchev–Trinajstić information content (AvgIpc) is 3.02. The van der Waals surface area contributed by atoms with E-state index in [1.807, 2.05) is 0 Å². The van der Waals surface area contributed by atoms with Crippen molar-refractivity contribution in [2.75, 3.05) is 0 Å². The maximum absolute atomic E-state index is 14.5. The Hall–Kier alpha value is -3.49. The van der Waals surface area contributed by atoms with Gasteiger partial charge < -0.3 is 0 Å². The summed E-state index contributed by atoms with van der Waals surface area (Å²) in [5.74, 6) is 0. The minimum absolute atomic E-state index is 1.39. The van der Waals surface area contributed by atoms with Gasteiger partial charge in [0.2, 0.25) is 0 Å². The van der Waals surface area contributed by atoms with Gasteiger partial charge in [-0.05, 0) is 48.5 Å². The number of halogens is 17. The van der Waals surface area contributed by atoms with Crippen molar-refractivity contribution in [1.82, 2.24) is 0 Å². The van der Waals surface area contributed by atoms with Crippen molar-refractivity contribution in [2.24, 2.45) is 0 Å². The molecule has 0 aliphatic heterocycles.